The van der Waals surface area contributed by atoms with Crippen molar-refractivity contribution in [2.24, 2.45) is 0 Å². The van der Waals surface area contributed by atoms with Crippen LogP contribution in [0.15, 0.2) is 54.6 Å². The highest BCUT2D eigenvalue weighted by atomic mass is 35.5. The number of hydrogen-bond acceptors (Lipinski definition) is 3. The average molecular weight is 367 g/mol. The Kier molecular flexibility index (Phi) is 6.36. The van der Waals surface area contributed by atoms with Crippen molar-refractivity contribution >= 4 is 27.5 Å². The molecule has 2 rings (SSSR count). The highest BCUT2D eigenvalue weighted by Gasteiger charge is 2.16. The van der Waals surface area contributed by atoms with Gasteiger partial charge in [-0.05, 0) is 23.3 Å². The van der Waals surface area contributed by atoms with Gasteiger partial charge in [0, 0.05) is 18.6 Å². The van der Waals surface area contributed by atoms with Gasteiger partial charge in [-0.2, -0.15) is 0 Å². The van der Waals surface area contributed by atoms with Crippen LogP contribution in [0.2, 0.25) is 5.02 Å². The van der Waals surface area contributed by atoms with E-state index in [1.807, 2.05) is 30.3 Å². The summed E-state index contributed by atoms with van der Waals surface area (Å²) in [6, 6.07) is 16.1. The van der Waals surface area contributed by atoms with Crippen molar-refractivity contribution in [3.05, 3.63) is 70.7 Å². The Morgan fingerprint density at radius 3 is 2.29 bits per heavy atom. The molecule has 0 aliphatic rings. The lowest BCUT2D eigenvalue weighted by Crippen LogP contribution is -2.38. The standard InChI is InChI=1S/C17H19ClN2O3S/c1-20(12-14-5-3-2-4-6-14)17(21)11-19-24(22,23)13-15-7-9-16(18)10-8-15/h2-10,19H,11-13H2,1H3. The maximum atomic E-state index is 12.1. The first-order chi connectivity index (χ1) is 11.4. The molecular formula is C17H19ClN2O3S. The number of hydrogen-bond donors (Lipinski definition) is 1. The highest BCUT2D eigenvalue weighted by molar-refractivity contribution is 7.88. The predicted octanol–water partition coefficient (Wildman–Crippen LogP) is 2.42. The van der Waals surface area contributed by atoms with Crippen LogP contribution in [0.25, 0.3) is 0 Å². The molecule has 0 aliphatic heterocycles. The number of likely N-dealkylation sites (N-methyl/N-ethyl adjacent to an activating group) is 1. The molecule has 0 saturated carbocycles. The minimum atomic E-state index is -3.59. The van der Waals surface area contributed by atoms with E-state index in [9.17, 15) is 13.2 Å². The van der Waals surface area contributed by atoms with E-state index in [4.69, 9.17) is 11.6 Å². The van der Waals surface area contributed by atoms with Crippen LogP contribution < -0.4 is 4.72 Å². The van der Waals surface area contributed by atoms with E-state index in [0.29, 0.717) is 17.1 Å². The molecule has 0 spiro atoms. The molecule has 0 aliphatic carbocycles. The summed E-state index contributed by atoms with van der Waals surface area (Å²) in [7, 11) is -1.95. The Balaban J connectivity index is 1.86. The zero-order valence-corrected chi connectivity index (χ0v) is 14.8. The number of carbonyl (C=O) groups is 1. The molecule has 128 valence electrons. The van der Waals surface area contributed by atoms with Gasteiger partial charge in [-0.3, -0.25) is 4.79 Å². The first-order valence-corrected chi connectivity index (χ1v) is 9.38. The zero-order valence-electron chi connectivity index (χ0n) is 13.3. The molecular weight excluding hydrogens is 348 g/mol. The van der Waals surface area contributed by atoms with Gasteiger partial charge >= 0.3 is 0 Å². The Bertz CT molecular complexity index is 777. The summed E-state index contributed by atoms with van der Waals surface area (Å²) in [5, 5.41) is 0.543. The highest BCUT2D eigenvalue weighted by Crippen LogP contribution is 2.11. The molecule has 0 saturated heterocycles. The fraction of sp³-hybridized carbons (Fsp3) is 0.235. The second-order valence-electron chi connectivity index (χ2n) is 5.44. The van der Waals surface area contributed by atoms with E-state index in [2.05, 4.69) is 4.72 Å². The van der Waals surface area contributed by atoms with Gasteiger partial charge in [-0.25, -0.2) is 13.1 Å². The Morgan fingerprint density at radius 2 is 1.67 bits per heavy atom. The number of nitrogens with zero attached hydrogens (tertiary/aromatic N) is 1. The topological polar surface area (TPSA) is 66.5 Å². The fourth-order valence-corrected chi connectivity index (χ4v) is 3.31. The molecule has 1 N–H and O–H groups in total. The lowest BCUT2D eigenvalue weighted by atomic mass is 10.2. The van der Waals surface area contributed by atoms with E-state index < -0.39 is 10.0 Å². The first-order valence-electron chi connectivity index (χ1n) is 7.35. The van der Waals surface area contributed by atoms with Crippen molar-refractivity contribution in [2.45, 2.75) is 12.3 Å². The Hall–Kier alpha value is -1.89. The Morgan fingerprint density at radius 1 is 1.04 bits per heavy atom. The van der Waals surface area contributed by atoms with Crippen molar-refractivity contribution in [3.63, 3.8) is 0 Å². The average Bonchev–Trinajstić information content (AvgIpc) is 2.55. The number of rotatable bonds is 7. The number of halogens is 1. The normalized spacial score (nSPS) is 11.2. The zero-order chi connectivity index (χ0) is 17.6. The van der Waals surface area contributed by atoms with Crippen LogP contribution in [0.3, 0.4) is 0 Å². The molecule has 7 heteroatoms. The quantitative estimate of drug-likeness (QED) is 0.818. The lowest BCUT2D eigenvalue weighted by Gasteiger charge is -2.17. The van der Waals surface area contributed by atoms with Crippen LogP contribution in [0, 0.1) is 0 Å². The van der Waals surface area contributed by atoms with Gasteiger partial charge in [0.2, 0.25) is 15.9 Å². The molecule has 0 atom stereocenters. The van der Waals surface area contributed by atoms with Crippen LogP contribution in [0.4, 0.5) is 0 Å². The van der Waals surface area contributed by atoms with Crippen LogP contribution in [0.5, 0.6) is 0 Å². The third kappa shape index (κ3) is 5.96. The van der Waals surface area contributed by atoms with Crippen LogP contribution >= 0.6 is 11.6 Å². The van der Waals surface area contributed by atoms with Gasteiger partial charge in [0.05, 0.1) is 12.3 Å². The molecule has 0 bridgehead atoms. The maximum Gasteiger partial charge on any atom is 0.237 e. The van der Waals surface area contributed by atoms with Crippen LogP contribution in [0.1, 0.15) is 11.1 Å². The molecule has 24 heavy (non-hydrogen) atoms. The van der Waals surface area contributed by atoms with Crippen LogP contribution in [-0.4, -0.2) is 32.8 Å². The third-order valence-electron chi connectivity index (χ3n) is 3.40. The smallest absolute Gasteiger partial charge is 0.237 e. The summed E-state index contributed by atoms with van der Waals surface area (Å²) in [4.78, 5) is 13.6. The van der Waals surface area contributed by atoms with Gasteiger partial charge in [-0.1, -0.05) is 54.1 Å². The minimum absolute atomic E-state index is 0.195. The summed E-state index contributed by atoms with van der Waals surface area (Å²) in [6.07, 6.45) is 0. The molecule has 0 unspecified atom stereocenters. The number of benzene rings is 2. The molecule has 5 nitrogen and oxygen atoms in total. The number of amides is 1. The molecule has 0 aromatic heterocycles. The van der Waals surface area contributed by atoms with E-state index in [-0.39, 0.29) is 18.2 Å². The number of carbonyl (C=O) groups excluding carboxylic acids is 1. The second-order valence-corrected chi connectivity index (χ2v) is 7.69. The van der Waals surface area contributed by atoms with Crippen LogP contribution in [-0.2, 0) is 27.1 Å². The van der Waals surface area contributed by atoms with Crippen molar-refractivity contribution in [2.75, 3.05) is 13.6 Å². The molecule has 0 radical (unpaired) electrons. The third-order valence-corrected chi connectivity index (χ3v) is 4.95. The van der Waals surface area contributed by atoms with Crippen molar-refractivity contribution < 1.29 is 13.2 Å². The van der Waals surface area contributed by atoms with Gasteiger partial charge < -0.3 is 4.90 Å². The first kappa shape index (κ1) is 18.4. The fourth-order valence-electron chi connectivity index (χ4n) is 2.10. The molecule has 1 amide bonds. The molecule has 2 aromatic rings. The largest absolute Gasteiger partial charge is 0.340 e. The maximum absolute atomic E-state index is 12.1. The summed E-state index contributed by atoms with van der Waals surface area (Å²) in [5.74, 6) is -0.488. The van der Waals surface area contributed by atoms with E-state index >= 15 is 0 Å². The van der Waals surface area contributed by atoms with E-state index in [0.717, 1.165) is 5.56 Å². The Labute approximate surface area is 147 Å². The number of sulfonamides is 1. The van der Waals surface area contributed by atoms with E-state index in [1.54, 1.807) is 31.3 Å². The SMILES string of the molecule is CN(Cc1ccccc1)C(=O)CNS(=O)(=O)Cc1ccc(Cl)cc1. The van der Waals surface area contributed by atoms with Crippen molar-refractivity contribution in [1.29, 1.82) is 0 Å². The summed E-state index contributed by atoms with van der Waals surface area (Å²) in [5.41, 5.74) is 1.59. The molecule has 0 fully saturated rings. The summed E-state index contributed by atoms with van der Waals surface area (Å²) >= 11 is 5.77. The van der Waals surface area contributed by atoms with Gasteiger partial charge in [0.15, 0.2) is 0 Å². The monoisotopic (exact) mass is 366 g/mol. The minimum Gasteiger partial charge on any atom is -0.340 e. The summed E-state index contributed by atoms with van der Waals surface area (Å²) in [6.45, 7) is 0.165. The summed E-state index contributed by atoms with van der Waals surface area (Å²) < 4.78 is 26.4. The van der Waals surface area contributed by atoms with E-state index in [1.165, 1.54) is 4.90 Å². The van der Waals surface area contributed by atoms with Crippen molar-refractivity contribution in [1.82, 2.24) is 9.62 Å². The van der Waals surface area contributed by atoms with Gasteiger partial charge in [0.25, 0.3) is 0 Å². The van der Waals surface area contributed by atoms with Gasteiger partial charge in [0.1, 0.15) is 0 Å². The van der Waals surface area contributed by atoms with Crippen molar-refractivity contribution in [3.8, 4) is 0 Å². The molecule has 0 heterocycles. The predicted molar refractivity (Wildman–Crippen MR) is 95.0 cm³/mol. The second kappa shape index (κ2) is 8.28. The number of nitrogens with one attached hydrogen (secondary N) is 1. The molecule has 2 aromatic carbocycles. The van der Waals surface area contributed by atoms with Gasteiger partial charge in [-0.15, -0.1) is 0 Å². The lowest BCUT2D eigenvalue weighted by molar-refractivity contribution is -0.129.